The zero-order valence-corrected chi connectivity index (χ0v) is 8.57. The predicted octanol–water partition coefficient (Wildman–Crippen LogP) is 3.47. The smallest absolute Gasteiger partial charge is 0.166 e. The van der Waals surface area contributed by atoms with Gasteiger partial charge in [-0.15, -0.1) is 6.58 Å². The second kappa shape index (κ2) is 5.38. The fourth-order valence-corrected chi connectivity index (χ4v) is 1.50. The number of hydrogen-bond donors (Lipinski definition) is 0. The van der Waals surface area contributed by atoms with Crippen LogP contribution >= 0.6 is 0 Å². The molecule has 1 nitrogen and oxygen atoms in total. The third kappa shape index (κ3) is 2.56. The van der Waals surface area contributed by atoms with Gasteiger partial charge in [0.2, 0.25) is 0 Å². The number of carbonyl (C=O) groups excluding carboxylic acids is 1. The predicted molar refractivity (Wildman–Crippen MR) is 59.4 cm³/mol. The average molecular weight is 188 g/mol. The first-order valence-electron chi connectivity index (χ1n) is 4.99. The topological polar surface area (TPSA) is 17.1 Å². The number of hydrogen-bond acceptors (Lipinski definition) is 1. The van der Waals surface area contributed by atoms with Gasteiger partial charge in [-0.1, -0.05) is 43.3 Å². The van der Waals surface area contributed by atoms with Crippen molar-refractivity contribution in [3.63, 3.8) is 0 Å². The van der Waals surface area contributed by atoms with E-state index in [1.54, 1.807) is 0 Å². The minimum Gasteiger partial charge on any atom is -0.294 e. The summed E-state index contributed by atoms with van der Waals surface area (Å²) in [7, 11) is 0. The van der Waals surface area contributed by atoms with Crippen molar-refractivity contribution in [1.82, 2.24) is 0 Å². The van der Waals surface area contributed by atoms with Crippen molar-refractivity contribution in [1.29, 1.82) is 0 Å². The largest absolute Gasteiger partial charge is 0.294 e. The molecule has 0 unspecified atom stereocenters. The van der Waals surface area contributed by atoms with E-state index < -0.39 is 0 Å². The zero-order chi connectivity index (χ0) is 10.4. The SMILES string of the molecule is C=CC[C@H](CC)C(=O)c1ccccc1. The molecule has 0 heterocycles. The van der Waals surface area contributed by atoms with Crippen LogP contribution in [0.3, 0.4) is 0 Å². The van der Waals surface area contributed by atoms with E-state index in [4.69, 9.17) is 0 Å². The molecule has 0 bridgehead atoms. The Morgan fingerprint density at radius 1 is 1.43 bits per heavy atom. The molecule has 0 fully saturated rings. The second-order valence-electron chi connectivity index (χ2n) is 3.36. The number of benzene rings is 1. The molecule has 0 amide bonds. The van der Waals surface area contributed by atoms with Crippen LogP contribution in [0.25, 0.3) is 0 Å². The van der Waals surface area contributed by atoms with E-state index in [9.17, 15) is 4.79 Å². The van der Waals surface area contributed by atoms with Crippen LogP contribution in [-0.2, 0) is 0 Å². The third-order valence-corrected chi connectivity index (χ3v) is 2.37. The molecule has 0 aliphatic carbocycles. The molecule has 0 aromatic heterocycles. The summed E-state index contributed by atoms with van der Waals surface area (Å²) < 4.78 is 0. The fraction of sp³-hybridized carbons (Fsp3) is 0.308. The third-order valence-electron chi connectivity index (χ3n) is 2.37. The molecule has 0 aliphatic heterocycles. The molecule has 0 radical (unpaired) electrons. The highest BCUT2D eigenvalue weighted by molar-refractivity contribution is 5.97. The Kier molecular flexibility index (Phi) is 4.11. The van der Waals surface area contributed by atoms with Crippen molar-refractivity contribution < 1.29 is 4.79 Å². The Bertz CT molecular complexity index is 300. The summed E-state index contributed by atoms with van der Waals surface area (Å²) in [5.41, 5.74) is 0.807. The Balaban J connectivity index is 2.78. The highest BCUT2D eigenvalue weighted by Gasteiger charge is 2.15. The molecule has 14 heavy (non-hydrogen) atoms. The number of Topliss-reactive ketones (excluding diaryl/α,β-unsaturated/α-hetero) is 1. The Hall–Kier alpha value is -1.37. The Morgan fingerprint density at radius 3 is 2.57 bits per heavy atom. The molecule has 1 heteroatoms. The lowest BCUT2D eigenvalue weighted by atomic mass is 9.92. The van der Waals surface area contributed by atoms with Gasteiger partial charge in [-0.25, -0.2) is 0 Å². The molecule has 0 aliphatic rings. The maximum absolute atomic E-state index is 11.9. The first-order chi connectivity index (χ1) is 6.79. The molecule has 1 rings (SSSR count). The maximum Gasteiger partial charge on any atom is 0.166 e. The fourth-order valence-electron chi connectivity index (χ4n) is 1.50. The lowest BCUT2D eigenvalue weighted by Crippen LogP contribution is -2.12. The monoisotopic (exact) mass is 188 g/mol. The van der Waals surface area contributed by atoms with Gasteiger partial charge in [0.15, 0.2) is 5.78 Å². The van der Waals surface area contributed by atoms with Gasteiger partial charge in [0.05, 0.1) is 0 Å². The van der Waals surface area contributed by atoms with Crippen molar-refractivity contribution >= 4 is 5.78 Å². The van der Waals surface area contributed by atoms with Gasteiger partial charge in [0.25, 0.3) is 0 Å². The van der Waals surface area contributed by atoms with E-state index in [0.717, 1.165) is 18.4 Å². The Labute approximate surface area is 85.5 Å². The standard InChI is InChI=1S/C13H16O/c1-3-8-11(4-2)13(14)12-9-6-5-7-10-12/h3,5-7,9-11H,1,4,8H2,2H3/t11-/m0/s1. The second-order valence-corrected chi connectivity index (χ2v) is 3.36. The number of carbonyl (C=O) groups is 1. The summed E-state index contributed by atoms with van der Waals surface area (Å²) in [6.07, 6.45) is 3.46. The van der Waals surface area contributed by atoms with Gasteiger partial charge in [0.1, 0.15) is 0 Å². The minimum absolute atomic E-state index is 0.0925. The molecule has 0 saturated carbocycles. The molecule has 0 saturated heterocycles. The van der Waals surface area contributed by atoms with E-state index >= 15 is 0 Å². The summed E-state index contributed by atoms with van der Waals surface area (Å²) >= 11 is 0. The quantitative estimate of drug-likeness (QED) is 0.510. The van der Waals surface area contributed by atoms with E-state index in [1.165, 1.54) is 0 Å². The van der Waals surface area contributed by atoms with Crippen molar-refractivity contribution in [3.8, 4) is 0 Å². The van der Waals surface area contributed by atoms with Crippen LogP contribution in [0.2, 0.25) is 0 Å². The van der Waals surface area contributed by atoms with Crippen LogP contribution in [-0.4, -0.2) is 5.78 Å². The van der Waals surface area contributed by atoms with E-state index in [1.807, 2.05) is 43.3 Å². The van der Waals surface area contributed by atoms with Crippen LogP contribution in [0.5, 0.6) is 0 Å². The average Bonchev–Trinajstić information content (AvgIpc) is 2.26. The van der Waals surface area contributed by atoms with Crippen molar-refractivity contribution in [2.75, 3.05) is 0 Å². The first kappa shape index (κ1) is 10.7. The molecular weight excluding hydrogens is 172 g/mol. The summed E-state index contributed by atoms with van der Waals surface area (Å²) in [6.45, 7) is 5.71. The summed E-state index contributed by atoms with van der Waals surface area (Å²) in [4.78, 5) is 11.9. The highest BCUT2D eigenvalue weighted by Crippen LogP contribution is 2.15. The van der Waals surface area contributed by atoms with Crippen LogP contribution < -0.4 is 0 Å². The van der Waals surface area contributed by atoms with Crippen molar-refractivity contribution in [2.45, 2.75) is 19.8 Å². The summed E-state index contributed by atoms with van der Waals surface area (Å²) in [5.74, 6) is 0.322. The number of allylic oxidation sites excluding steroid dienone is 1. The lowest BCUT2D eigenvalue weighted by molar-refractivity contribution is 0.0918. The van der Waals surface area contributed by atoms with Crippen LogP contribution in [0.1, 0.15) is 30.1 Å². The van der Waals surface area contributed by atoms with Gasteiger partial charge in [-0.05, 0) is 12.8 Å². The van der Waals surface area contributed by atoms with Crippen molar-refractivity contribution in [3.05, 3.63) is 48.6 Å². The van der Waals surface area contributed by atoms with Crippen LogP contribution in [0, 0.1) is 5.92 Å². The molecule has 0 spiro atoms. The van der Waals surface area contributed by atoms with Gasteiger partial charge >= 0.3 is 0 Å². The summed E-state index contributed by atoms with van der Waals surface area (Å²) in [5, 5.41) is 0. The van der Waals surface area contributed by atoms with Gasteiger partial charge < -0.3 is 0 Å². The van der Waals surface area contributed by atoms with Crippen LogP contribution in [0.15, 0.2) is 43.0 Å². The summed E-state index contributed by atoms with van der Waals surface area (Å²) in [6, 6.07) is 9.45. The van der Waals surface area contributed by atoms with E-state index in [2.05, 4.69) is 6.58 Å². The first-order valence-corrected chi connectivity index (χ1v) is 4.99. The van der Waals surface area contributed by atoms with Gasteiger partial charge in [-0.3, -0.25) is 4.79 Å². The lowest BCUT2D eigenvalue weighted by Gasteiger charge is -2.10. The normalized spacial score (nSPS) is 12.1. The van der Waals surface area contributed by atoms with E-state index in [-0.39, 0.29) is 11.7 Å². The molecule has 0 N–H and O–H groups in total. The minimum atomic E-state index is 0.0925. The Morgan fingerprint density at radius 2 is 2.07 bits per heavy atom. The van der Waals surface area contributed by atoms with Crippen LogP contribution in [0.4, 0.5) is 0 Å². The molecule has 1 atom stereocenters. The van der Waals surface area contributed by atoms with Gasteiger partial charge in [0, 0.05) is 11.5 Å². The number of rotatable bonds is 5. The number of ketones is 1. The molecule has 1 aromatic carbocycles. The maximum atomic E-state index is 11.9. The molecule has 74 valence electrons. The highest BCUT2D eigenvalue weighted by atomic mass is 16.1. The zero-order valence-electron chi connectivity index (χ0n) is 8.57. The van der Waals surface area contributed by atoms with Gasteiger partial charge in [-0.2, -0.15) is 0 Å². The molecular formula is C13H16O. The van der Waals surface area contributed by atoms with Crippen molar-refractivity contribution in [2.24, 2.45) is 5.92 Å². The molecule has 1 aromatic rings. The van der Waals surface area contributed by atoms with E-state index in [0.29, 0.717) is 0 Å².